The average Bonchev–Trinajstić information content (AvgIpc) is 3.08. The number of nitrogens with zero attached hydrogens (tertiary/aromatic N) is 2. The maximum atomic E-state index is 13.1. The fourth-order valence-electron chi connectivity index (χ4n) is 5.15. The molecule has 2 aliphatic carbocycles. The summed E-state index contributed by atoms with van der Waals surface area (Å²) in [5.41, 5.74) is 6.37. The van der Waals surface area contributed by atoms with Crippen LogP contribution in [0.15, 0.2) is 12.4 Å². The number of nitrogens with one attached hydrogen (secondary N) is 1. The van der Waals surface area contributed by atoms with Crippen molar-refractivity contribution < 1.29 is 4.79 Å². The number of fused-ring (bicyclic) bond motifs is 2. The number of piperidine rings is 1. The van der Waals surface area contributed by atoms with Crippen molar-refractivity contribution in [1.82, 2.24) is 14.9 Å². The van der Waals surface area contributed by atoms with Gasteiger partial charge in [0.1, 0.15) is 5.82 Å². The second kappa shape index (κ2) is 6.27. The molecule has 2 heterocycles. The summed E-state index contributed by atoms with van der Waals surface area (Å²) in [5.74, 6) is 3.13. The second-order valence-corrected chi connectivity index (χ2v) is 7.79. The predicted molar refractivity (Wildman–Crippen MR) is 88.7 cm³/mol. The molecule has 3 unspecified atom stereocenters. The highest BCUT2D eigenvalue weighted by Gasteiger charge is 2.42. The summed E-state index contributed by atoms with van der Waals surface area (Å²) in [6.07, 6.45) is 11.6. The molecule has 1 aromatic rings. The molecule has 5 heteroatoms. The van der Waals surface area contributed by atoms with Crippen LogP contribution >= 0.6 is 0 Å². The molecule has 2 saturated carbocycles. The molecule has 3 N–H and O–H groups in total. The molecule has 4 rings (SSSR count). The molecule has 0 aromatic carbocycles. The summed E-state index contributed by atoms with van der Waals surface area (Å²) in [6.45, 7) is 1.73. The molecule has 126 valence electrons. The number of carbonyl (C=O) groups is 1. The van der Waals surface area contributed by atoms with Crippen molar-refractivity contribution in [2.24, 2.45) is 23.5 Å². The molecule has 1 aromatic heterocycles. The number of likely N-dealkylation sites (tertiary alicyclic amines) is 1. The number of amides is 1. The fourth-order valence-corrected chi connectivity index (χ4v) is 5.15. The number of H-pyrrole nitrogens is 1. The van der Waals surface area contributed by atoms with Crippen molar-refractivity contribution in [2.45, 2.75) is 56.9 Å². The first-order valence-electron chi connectivity index (χ1n) is 9.26. The van der Waals surface area contributed by atoms with Crippen LogP contribution in [0.1, 0.15) is 56.7 Å². The minimum Gasteiger partial charge on any atom is -0.348 e. The van der Waals surface area contributed by atoms with Gasteiger partial charge in [0.25, 0.3) is 0 Å². The van der Waals surface area contributed by atoms with Gasteiger partial charge in [-0.05, 0) is 50.4 Å². The van der Waals surface area contributed by atoms with Gasteiger partial charge in [-0.25, -0.2) is 4.98 Å². The highest BCUT2D eigenvalue weighted by molar-refractivity contribution is 5.79. The Morgan fingerprint density at radius 3 is 2.70 bits per heavy atom. The van der Waals surface area contributed by atoms with E-state index < -0.39 is 0 Å². The van der Waals surface area contributed by atoms with Crippen LogP contribution in [-0.2, 0) is 4.79 Å². The normalized spacial score (nSPS) is 37.6. The Hall–Kier alpha value is -1.36. The van der Waals surface area contributed by atoms with Crippen molar-refractivity contribution in [3.8, 4) is 0 Å². The second-order valence-electron chi connectivity index (χ2n) is 7.79. The molecule has 3 atom stereocenters. The third-order valence-electron chi connectivity index (χ3n) is 6.40. The monoisotopic (exact) mass is 316 g/mol. The maximum absolute atomic E-state index is 13.1. The fraction of sp³-hybridized carbons (Fsp3) is 0.778. The number of nitrogens with two attached hydrogens (primary N) is 1. The third kappa shape index (κ3) is 2.91. The summed E-state index contributed by atoms with van der Waals surface area (Å²) in [5, 5.41) is 0. The van der Waals surface area contributed by atoms with Gasteiger partial charge in [-0.2, -0.15) is 0 Å². The van der Waals surface area contributed by atoms with Crippen LogP contribution in [0.25, 0.3) is 0 Å². The first-order valence-corrected chi connectivity index (χ1v) is 9.26. The van der Waals surface area contributed by atoms with Crippen LogP contribution in [0.4, 0.5) is 0 Å². The van der Waals surface area contributed by atoms with Gasteiger partial charge in [-0.3, -0.25) is 4.79 Å². The van der Waals surface area contributed by atoms with E-state index in [1.807, 2.05) is 6.20 Å². The van der Waals surface area contributed by atoms with Crippen LogP contribution in [0.2, 0.25) is 0 Å². The Morgan fingerprint density at radius 1 is 1.22 bits per heavy atom. The smallest absolute Gasteiger partial charge is 0.225 e. The van der Waals surface area contributed by atoms with Gasteiger partial charge in [0, 0.05) is 43.4 Å². The van der Waals surface area contributed by atoms with Crippen LogP contribution in [0.5, 0.6) is 0 Å². The largest absolute Gasteiger partial charge is 0.348 e. The zero-order chi connectivity index (χ0) is 15.8. The Balaban J connectivity index is 1.42. The molecule has 0 radical (unpaired) electrons. The molecule has 1 saturated heterocycles. The number of hydrogen-bond acceptors (Lipinski definition) is 3. The highest BCUT2D eigenvalue weighted by atomic mass is 16.2. The molecule has 23 heavy (non-hydrogen) atoms. The van der Waals surface area contributed by atoms with Gasteiger partial charge in [0.2, 0.25) is 5.91 Å². The zero-order valence-electron chi connectivity index (χ0n) is 13.8. The van der Waals surface area contributed by atoms with Gasteiger partial charge in [0.15, 0.2) is 0 Å². The van der Waals surface area contributed by atoms with Crippen molar-refractivity contribution in [3.63, 3.8) is 0 Å². The maximum Gasteiger partial charge on any atom is 0.225 e. The van der Waals surface area contributed by atoms with Crippen LogP contribution in [0.3, 0.4) is 0 Å². The molecule has 1 aliphatic heterocycles. The van der Waals surface area contributed by atoms with Crippen molar-refractivity contribution in [1.29, 1.82) is 0 Å². The molecule has 1 amide bonds. The third-order valence-corrected chi connectivity index (χ3v) is 6.40. The first kappa shape index (κ1) is 15.2. The SMILES string of the molecule is NC1C2CCCC1CC(C(=O)N1CCCC(c3ncc[nH]3)C1)C2. The Morgan fingerprint density at radius 2 is 2.00 bits per heavy atom. The number of aromatic nitrogens is 2. The van der Waals surface area contributed by atoms with Crippen LogP contribution < -0.4 is 5.73 Å². The summed E-state index contributed by atoms with van der Waals surface area (Å²) in [4.78, 5) is 22.8. The quantitative estimate of drug-likeness (QED) is 0.879. The van der Waals surface area contributed by atoms with Crippen molar-refractivity contribution in [2.75, 3.05) is 13.1 Å². The average molecular weight is 316 g/mol. The Bertz CT molecular complexity index is 529. The minimum absolute atomic E-state index is 0.209. The topological polar surface area (TPSA) is 75.0 Å². The number of hydrogen-bond donors (Lipinski definition) is 2. The zero-order valence-corrected chi connectivity index (χ0v) is 13.8. The van der Waals surface area contributed by atoms with Crippen LogP contribution in [0, 0.1) is 17.8 Å². The van der Waals surface area contributed by atoms with E-state index in [1.165, 1.54) is 19.3 Å². The summed E-state index contributed by atoms with van der Waals surface area (Å²) < 4.78 is 0. The summed E-state index contributed by atoms with van der Waals surface area (Å²) >= 11 is 0. The van der Waals surface area contributed by atoms with E-state index in [1.54, 1.807) is 6.20 Å². The standard InChI is InChI=1S/C18H28N4O/c19-16-12-3-1-4-13(16)10-15(9-12)18(23)22-8-2-5-14(11-22)17-20-6-7-21-17/h6-7,12-16H,1-5,8-11,19H2,(H,20,21). The number of imidazole rings is 1. The first-order chi connectivity index (χ1) is 11.2. The van der Waals surface area contributed by atoms with Crippen molar-refractivity contribution >= 4 is 5.91 Å². The minimum atomic E-state index is 0.209. The Kier molecular flexibility index (Phi) is 4.14. The van der Waals surface area contributed by atoms with E-state index >= 15 is 0 Å². The molecule has 3 fully saturated rings. The van der Waals surface area contributed by atoms with E-state index in [2.05, 4.69) is 14.9 Å². The van der Waals surface area contributed by atoms with E-state index in [0.717, 1.165) is 44.6 Å². The van der Waals surface area contributed by atoms with E-state index in [4.69, 9.17) is 5.73 Å². The highest BCUT2D eigenvalue weighted by Crippen LogP contribution is 2.42. The van der Waals surface area contributed by atoms with E-state index in [9.17, 15) is 4.79 Å². The lowest BCUT2D eigenvalue weighted by Gasteiger charge is -2.45. The summed E-state index contributed by atoms with van der Waals surface area (Å²) in [6, 6.07) is 0.338. The van der Waals surface area contributed by atoms with E-state index in [-0.39, 0.29) is 5.92 Å². The molecular formula is C18H28N4O. The van der Waals surface area contributed by atoms with Crippen molar-refractivity contribution in [3.05, 3.63) is 18.2 Å². The number of carbonyl (C=O) groups excluding carboxylic acids is 1. The molecular weight excluding hydrogens is 288 g/mol. The predicted octanol–water partition coefficient (Wildman–Crippen LogP) is 2.27. The number of aromatic amines is 1. The van der Waals surface area contributed by atoms with Gasteiger partial charge < -0.3 is 15.6 Å². The lowest BCUT2D eigenvalue weighted by Crippen LogP contribution is -2.51. The van der Waals surface area contributed by atoms with Gasteiger partial charge in [0.05, 0.1) is 0 Å². The molecule has 2 bridgehead atoms. The molecule has 3 aliphatic rings. The Labute approximate surface area is 138 Å². The molecule has 5 nitrogen and oxygen atoms in total. The van der Waals surface area contributed by atoms with Gasteiger partial charge in [-0.15, -0.1) is 0 Å². The van der Waals surface area contributed by atoms with Gasteiger partial charge >= 0.3 is 0 Å². The van der Waals surface area contributed by atoms with E-state index in [0.29, 0.717) is 29.7 Å². The number of rotatable bonds is 2. The van der Waals surface area contributed by atoms with Gasteiger partial charge in [-0.1, -0.05) is 6.42 Å². The van der Waals surface area contributed by atoms with Crippen LogP contribution in [-0.4, -0.2) is 39.9 Å². The lowest BCUT2D eigenvalue weighted by atomic mass is 9.65. The molecule has 0 spiro atoms. The lowest BCUT2D eigenvalue weighted by molar-refractivity contribution is -0.139. The summed E-state index contributed by atoms with van der Waals surface area (Å²) in [7, 11) is 0.